The molecular weight excluding hydrogens is 1570 g/mol. The number of para-hydroxylation sites is 2. The van der Waals surface area contributed by atoms with Crippen LogP contribution in [0.2, 0.25) is 0 Å². The van der Waals surface area contributed by atoms with Gasteiger partial charge in [0.2, 0.25) is 0 Å². The van der Waals surface area contributed by atoms with Crippen molar-refractivity contribution in [3.63, 3.8) is 0 Å². The monoisotopic (exact) mass is 1750 g/mol. The zero-order valence-electron chi connectivity index (χ0n) is 84.4. The van der Waals surface area contributed by atoms with Crippen LogP contribution in [0.4, 0.5) is 11.4 Å². The van der Waals surface area contributed by atoms with Gasteiger partial charge >= 0.3 is 0 Å². The molecule has 13 heterocycles. The molecule has 13 aliphatic heterocycles. The molecule has 22 unspecified atom stereocenters. The number of benzene rings is 5. The normalized spacial score (nSPS) is 33.7. The fourth-order valence-corrected chi connectivity index (χ4v) is 26.5. The van der Waals surface area contributed by atoms with Gasteiger partial charge in [0.25, 0.3) is 0 Å². The molecule has 12 fully saturated rings. The average Bonchev–Trinajstić information content (AvgIpc) is 1.61. The third-order valence-electron chi connectivity index (χ3n) is 35.2. The van der Waals surface area contributed by atoms with E-state index >= 15 is 0 Å². The van der Waals surface area contributed by atoms with Crippen LogP contribution in [0.25, 0.3) is 18.2 Å². The van der Waals surface area contributed by atoms with Gasteiger partial charge in [-0.05, 0) is 357 Å². The van der Waals surface area contributed by atoms with Crippen molar-refractivity contribution in [1.82, 2.24) is 44.1 Å². The van der Waals surface area contributed by atoms with Gasteiger partial charge in [0.15, 0.2) is 0 Å². The summed E-state index contributed by atoms with van der Waals surface area (Å²) in [5, 5.41) is 0. The second-order valence-corrected chi connectivity index (χ2v) is 44.0. The number of ether oxygens (including phenoxy) is 1. The zero-order valence-corrected chi connectivity index (χ0v) is 85.2. The number of hydrogen-bond acceptors (Lipinski definition) is 13. The summed E-state index contributed by atoms with van der Waals surface area (Å²) in [6.07, 6.45) is 48.6. The Bertz CT molecular complexity index is 3960. The SMILES string of the molecule is CC1=Cc2ccccc2CN1C.CC1C2CCCCC2CCN1C.CC1C=Cc2ccccc2N1C.CC1CC2CCCCC2CN1C.CC1CC2CCCCC2N1C.CC1CC2COCC2N1C.CC1CC2CSCC2N1C.CC1CCC2CCCCC2N1C.CC1CCc2ccccc2N1C.CC1c2ccccc2C=CN1C.CC1c2ccccc2CCN1C. The average molecular weight is 1750 g/mol. The molecule has 17 aliphatic rings. The van der Waals surface area contributed by atoms with Gasteiger partial charge in [-0.1, -0.05) is 186 Å². The van der Waals surface area contributed by atoms with Crippen molar-refractivity contribution in [2.75, 3.05) is 132 Å². The molecule has 4 aliphatic carbocycles. The summed E-state index contributed by atoms with van der Waals surface area (Å²) in [7, 11) is 24.4. The third kappa shape index (κ3) is 26.8. The Morgan fingerprint density at radius 2 is 0.898 bits per heavy atom. The van der Waals surface area contributed by atoms with Crippen LogP contribution in [0.15, 0.2) is 139 Å². The van der Waals surface area contributed by atoms with Crippen LogP contribution in [0.5, 0.6) is 0 Å². The number of anilines is 2. The number of likely N-dealkylation sites (N-methyl/N-ethyl adjacent to an activating group) is 3. The van der Waals surface area contributed by atoms with Gasteiger partial charge < -0.3 is 43.9 Å². The van der Waals surface area contributed by atoms with Crippen molar-refractivity contribution in [2.24, 2.45) is 47.3 Å². The second-order valence-electron chi connectivity index (χ2n) is 43.0. The molecule has 5 aromatic carbocycles. The van der Waals surface area contributed by atoms with Crippen LogP contribution in [0.1, 0.15) is 287 Å². The van der Waals surface area contributed by atoms with Crippen LogP contribution >= 0.6 is 11.8 Å². The number of likely N-dealkylation sites (tertiary alicyclic amines) is 6. The minimum atomic E-state index is 0.506. The first-order valence-corrected chi connectivity index (χ1v) is 52.8. The largest absolute Gasteiger partial charge is 0.379 e. The Morgan fingerprint density at radius 3 is 1.59 bits per heavy atom. The van der Waals surface area contributed by atoms with E-state index in [0.717, 1.165) is 128 Å². The molecule has 13 heteroatoms. The van der Waals surface area contributed by atoms with E-state index in [-0.39, 0.29) is 0 Å². The molecule has 0 radical (unpaired) electrons. The van der Waals surface area contributed by atoms with E-state index in [2.05, 4.69) is 371 Å². The molecule has 0 amide bonds. The molecule has 22 atom stereocenters. The highest BCUT2D eigenvalue weighted by Crippen LogP contribution is 2.44. The molecule has 12 nitrogen and oxygen atoms in total. The Hall–Kier alpha value is -5.45. The number of fused-ring (bicyclic) bond motifs is 11. The van der Waals surface area contributed by atoms with E-state index in [1.54, 1.807) is 0 Å². The lowest BCUT2D eigenvalue weighted by atomic mass is 9.71. The van der Waals surface area contributed by atoms with Gasteiger partial charge in [0, 0.05) is 155 Å². The Kier molecular flexibility index (Phi) is 38.8. The lowest BCUT2D eigenvalue weighted by molar-refractivity contribution is 0.0447. The smallest absolute Gasteiger partial charge is 0.0625 e. The quantitative estimate of drug-likeness (QED) is 0.148. The maximum atomic E-state index is 5.39. The molecule has 22 rings (SSSR count). The zero-order chi connectivity index (χ0) is 90.5. The molecule has 5 aromatic rings. The Morgan fingerprint density at radius 1 is 0.354 bits per heavy atom. The summed E-state index contributed by atoms with van der Waals surface area (Å²) in [6, 6.07) is 53.8. The van der Waals surface area contributed by atoms with Gasteiger partial charge in [-0.25, -0.2) is 0 Å². The number of allylic oxidation sites excluding steroid dienone is 1. The molecule has 0 aromatic heterocycles. The number of nitrogens with zero attached hydrogens (tertiary/aromatic N) is 11. The molecule has 0 spiro atoms. The summed E-state index contributed by atoms with van der Waals surface area (Å²) >= 11 is 2.13. The van der Waals surface area contributed by atoms with E-state index in [1.807, 2.05) is 0 Å². The van der Waals surface area contributed by atoms with Crippen molar-refractivity contribution < 1.29 is 4.74 Å². The molecular formula is C114H181N11OS. The predicted molar refractivity (Wildman–Crippen MR) is 551 cm³/mol. The van der Waals surface area contributed by atoms with Gasteiger partial charge in [-0.15, -0.1) is 0 Å². The predicted octanol–water partition coefficient (Wildman–Crippen LogP) is 24.5. The van der Waals surface area contributed by atoms with E-state index in [1.165, 1.54) is 260 Å². The van der Waals surface area contributed by atoms with Crippen LogP contribution in [-0.4, -0.2) is 238 Å². The standard InChI is InChI=1S/C11H21N.C11H13N.C11H21N.C11H15N.C11H13N.C11H21N.C11H15N.C11H13N.C10H19N.C8H15NO.C8H15NS/c2*1-9-7-10-5-3-4-6-11(10)8-12(9)2;3*1-9-11-6-4-3-5-10(11)7-8-12(9)2;3*1-9-7-8-10-5-3-4-6-11(10)12(9)2;1-8-7-9-5-3-4-6-10(9)11(8)2;2*1-6-3-7-4-10-5-8(7)9(6)2/h9-11H,3-8H2,1-2H3;3-7H,8H2,1-2H3;9-11H,3-8H2,1-2H3;3-6,9H,7-8H2,1-2H3;3-9H,1-2H3;9-11H,3-8H2,1-2H3;3-6,9H,7-8H2,1-2H3;3-9H,1-2H3;8-10H,3-7H2,1-2H3;2*6-8H,3-5H2,1-2H3. The van der Waals surface area contributed by atoms with Gasteiger partial charge in [-0.3, -0.25) is 14.7 Å². The molecule has 0 N–H and O–H groups in total. The summed E-state index contributed by atoms with van der Waals surface area (Å²) in [5.41, 5.74) is 15.5. The first kappa shape index (κ1) is 101. The van der Waals surface area contributed by atoms with E-state index in [4.69, 9.17) is 4.74 Å². The summed E-state index contributed by atoms with van der Waals surface area (Å²) in [5.74, 6) is 11.0. The molecule has 4 saturated carbocycles. The Labute approximate surface area is 782 Å². The fourth-order valence-electron chi connectivity index (χ4n) is 24.9. The number of hydrogen-bond donors (Lipinski definition) is 0. The summed E-state index contributed by atoms with van der Waals surface area (Å²) < 4.78 is 5.39. The van der Waals surface area contributed by atoms with Crippen LogP contribution in [0.3, 0.4) is 0 Å². The van der Waals surface area contributed by atoms with Crippen molar-refractivity contribution in [3.05, 3.63) is 184 Å². The Balaban J connectivity index is 0.000000127. The first-order chi connectivity index (χ1) is 61.1. The summed E-state index contributed by atoms with van der Waals surface area (Å²) in [6.45, 7) is 32.2. The minimum Gasteiger partial charge on any atom is -0.379 e. The molecule has 8 saturated heterocycles. The lowest BCUT2D eigenvalue weighted by Crippen LogP contribution is -2.48. The van der Waals surface area contributed by atoms with E-state index in [9.17, 15) is 0 Å². The molecule has 704 valence electrons. The highest BCUT2D eigenvalue weighted by Gasteiger charge is 2.43. The van der Waals surface area contributed by atoms with E-state index < -0.39 is 0 Å². The van der Waals surface area contributed by atoms with Crippen LogP contribution < -0.4 is 9.80 Å². The van der Waals surface area contributed by atoms with Gasteiger partial charge in [0.1, 0.15) is 0 Å². The van der Waals surface area contributed by atoms with Crippen molar-refractivity contribution in [1.29, 1.82) is 0 Å². The maximum absolute atomic E-state index is 5.39. The first-order valence-electron chi connectivity index (χ1n) is 51.6. The van der Waals surface area contributed by atoms with Crippen molar-refractivity contribution in [2.45, 2.75) is 334 Å². The third-order valence-corrected chi connectivity index (χ3v) is 36.4. The van der Waals surface area contributed by atoms with Gasteiger partial charge in [0.05, 0.1) is 19.3 Å². The molecule has 0 bridgehead atoms. The van der Waals surface area contributed by atoms with Crippen molar-refractivity contribution >= 4 is 41.4 Å². The maximum Gasteiger partial charge on any atom is 0.0625 e. The van der Waals surface area contributed by atoms with Crippen LogP contribution in [0, 0.1) is 47.3 Å². The van der Waals surface area contributed by atoms with Crippen molar-refractivity contribution in [3.8, 4) is 0 Å². The number of piperidine rings is 3. The van der Waals surface area contributed by atoms with E-state index in [0.29, 0.717) is 24.2 Å². The molecule has 127 heavy (non-hydrogen) atoms. The summed E-state index contributed by atoms with van der Waals surface area (Å²) in [4.78, 5) is 26.9. The lowest BCUT2D eigenvalue weighted by Gasteiger charge is -2.45. The van der Waals surface area contributed by atoms with Crippen LogP contribution in [-0.2, 0) is 24.1 Å². The number of aryl methyl sites for hydroxylation is 1. The van der Waals surface area contributed by atoms with Gasteiger partial charge in [-0.2, -0.15) is 11.8 Å². The number of rotatable bonds is 0. The minimum absolute atomic E-state index is 0.506. The topological polar surface area (TPSA) is 44.9 Å². The number of thioether (sulfide) groups is 1. The fraction of sp³-hybridized carbons (Fsp3) is 0.684. The highest BCUT2D eigenvalue weighted by atomic mass is 32.2. The second kappa shape index (κ2) is 49.0. The highest BCUT2D eigenvalue weighted by molar-refractivity contribution is 7.99.